The molecule has 3 atom stereocenters. The van der Waals surface area contributed by atoms with E-state index in [1.54, 1.807) is 18.2 Å². The fourth-order valence-electron chi connectivity index (χ4n) is 3.06. The van der Waals surface area contributed by atoms with Crippen molar-refractivity contribution in [2.75, 3.05) is 6.61 Å². The molecule has 0 radical (unpaired) electrons. The molecule has 1 aromatic rings. The quantitative estimate of drug-likeness (QED) is 0.257. The molecule has 0 spiro atoms. The Bertz CT molecular complexity index is 851. The Morgan fingerprint density at radius 2 is 1.77 bits per heavy atom. The molecule has 2 aliphatic heterocycles. The molecule has 2 saturated heterocycles. The van der Waals surface area contributed by atoms with Gasteiger partial charge in [0.05, 0.1) is 6.42 Å². The molecule has 2 aliphatic rings. The minimum absolute atomic E-state index is 0. The van der Waals surface area contributed by atoms with Gasteiger partial charge in [0.25, 0.3) is 5.91 Å². The summed E-state index contributed by atoms with van der Waals surface area (Å²) in [6, 6.07) is 6.36. The van der Waals surface area contributed by atoms with Crippen LogP contribution in [0.25, 0.3) is 0 Å². The van der Waals surface area contributed by atoms with Crippen LogP contribution in [0, 0.1) is 0 Å². The first-order chi connectivity index (χ1) is 13.3. The van der Waals surface area contributed by atoms with Gasteiger partial charge in [0, 0.05) is 6.42 Å². The van der Waals surface area contributed by atoms with Crippen molar-refractivity contribution in [3.63, 3.8) is 0 Å². The van der Waals surface area contributed by atoms with Gasteiger partial charge in [-0.05, 0) is 5.56 Å². The van der Waals surface area contributed by atoms with E-state index < -0.39 is 54.0 Å². The van der Waals surface area contributed by atoms with Gasteiger partial charge in [-0.2, -0.15) is 5.06 Å². The van der Waals surface area contributed by atoms with Gasteiger partial charge in [0.2, 0.25) is 5.91 Å². The van der Waals surface area contributed by atoms with Crippen LogP contribution < -0.4 is 5.32 Å². The molecule has 0 aliphatic carbocycles. The van der Waals surface area contributed by atoms with E-state index in [0.717, 1.165) is 0 Å². The molecular formula is C17H18N2Na2O9. The summed E-state index contributed by atoms with van der Waals surface area (Å²) in [4.78, 5) is 64.6. The average molecular weight is 440 g/mol. The molecule has 0 bridgehead atoms. The van der Waals surface area contributed by atoms with Crippen molar-refractivity contribution in [1.29, 1.82) is 0 Å². The summed E-state index contributed by atoms with van der Waals surface area (Å²) < 4.78 is 4.81. The number of hydroxylamine groups is 2. The number of carbonyl (C=O) groups excluding carboxylic acids is 3. The molecule has 2 amide bonds. The van der Waals surface area contributed by atoms with Crippen LogP contribution in [0.1, 0.15) is 24.3 Å². The zero-order chi connectivity index (χ0) is 20.5. The number of benzene rings is 1. The van der Waals surface area contributed by atoms with Gasteiger partial charge in [0.15, 0.2) is 5.92 Å². The Morgan fingerprint density at radius 1 is 1.13 bits per heavy atom. The van der Waals surface area contributed by atoms with E-state index in [1.807, 2.05) is 0 Å². The van der Waals surface area contributed by atoms with Crippen LogP contribution in [0.5, 0.6) is 0 Å². The molecule has 3 rings (SSSR count). The summed E-state index contributed by atoms with van der Waals surface area (Å²) in [6.45, 7) is -0.432. The number of esters is 1. The SMILES string of the molecule is O=C1CCC(C(=O)O)(N2OC[C@H](NC(=O)C(C(=O)O)c3ccccc3)C2=O)O1.[NaH].[NaH]. The van der Waals surface area contributed by atoms with Gasteiger partial charge in [-0.25, -0.2) is 4.79 Å². The third-order valence-electron chi connectivity index (χ3n) is 4.44. The minimum atomic E-state index is -2.31. The second-order valence-corrected chi connectivity index (χ2v) is 6.24. The van der Waals surface area contributed by atoms with Crippen molar-refractivity contribution in [2.45, 2.75) is 30.5 Å². The van der Waals surface area contributed by atoms with Crippen molar-refractivity contribution >= 4 is 88.8 Å². The topological polar surface area (TPSA) is 160 Å². The summed E-state index contributed by atoms with van der Waals surface area (Å²) in [7, 11) is 0. The molecule has 11 nitrogen and oxygen atoms in total. The Balaban J connectivity index is 0.00000225. The second-order valence-electron chi connectivity index (χ2n) is 6.24. The summed E-state index contributed by atoms with van der Waals surface area (Å²) in [6.07, 6.45) is -0.527. The molecule has 1 aromatic carbocycles. The molecule has 13 heteroatoms. The number of nitrogens with zero attached hydrogens (tertiary/aromatic N) is 1. The maximum absolute atomic E-state index is 12.6. The zero-order valence-corrected chi connectivity index (χ0v) is 14.4. The zero-order valence-electron chi connectivity index (χ0n) is 14.4. The van der Waals surface area contributed by atoms with Crippen molar-refractivity contribution in [1.82, 2.24) is 10.4 Å². The van der Waals surface area contributed by atoms with Crippen molar-refractivity contribution in [2.24, 2.45) is 0 Å². The second kappa shape index (κ2) is 10.7. The number of ether oxygens (including phenoxy) is 1. The van der Waals surface area contributed by atoms with E-state index in [1.165, 1.54) is 12.1 Å². The van der Waals surface area contributed by atoms with Crippen molar-refractivity contribution < 1.29 is 43.8 Å². The Kier molecular flexibility index (Phi) is 9.49. The number of hydrogen-bond acceptors (Lipinski definition) is 7. The normalized spacial score (nSPS) is 23.6. The van der Waals surface area contributed by atoms with E-state index in [-0.39, 0.29) is 77.5 Å². The fraction of sp³-hybridized carbons (Fsp3) is 0.353. The molecule has 152 valence electrons. The van der Waals surface area contributed by atoms with Crippen LogP contribution in [0.3, 0.4) is 0 Å². The number of carbonyl (C=O) groups is 5. The van der Waals surface area contributed by atoms with Crippen LogP contribution in [0.15, 0.2) is 30.3 Å². The van der Waals surface area contributed by atoms with Crippen LogP contribution in [-0.4, -0.2) is 122 Å². The van der Waals surface area contributed by atoms with E-state index in [9.17, 15) is 34.2 Å². The van der Waals surface area contributed by atoms with E-state index in [4.69, 9.17) is 9.57 Å². The molecular weight excluding hydrogens is 422 g/mol. The standard InChI is InChI=1S/C17H16N2O9.2Na.2H/c20-11-6-7-17(28-11,16(25)26)19-14(22)10(8-27-19)18-13(21)12(15(23)24)9-4-2-1-3-5-9;;;;/h1-5,10,12H,6-8H2,(H,18,21)(H,23,24)(H,25,26);;;;/t10-,12?,17?;;;;/m0..../s1. The van der Waals surface area contributed by atoms with Crippen LogP contribution in [-0.2, 0) is 33.5 Å². The number of amides is 2. The molecule has 2 heterocycles. The predicted octanol–water partition coefficient (Wildman–Crippen LogP) is -2.07. The number of rotatable bonds is 6. The van der Waals surface area contributed by atoms with E-state index in [2.05, 4.69) is 5.32 Å². The summed E-state index contributed by atoms with van der Waals surface area (Å²) >= 11 is 0. The number of cyclic esters (lactones) is 1. The van der Waals surface area contributed by atoms with Gasteiger partial charge in [0.1, 0.15) is 12.6 Å². The third-order valence-corrected chi connectivity index (χ3v) is 4.44. The monoisotopic (exact) mass is 440 g/mol. The molecule has 0 aromatic heterocycles. The number of hydrogen-bond donors (Lipinski definition) is 3. The Morgan fingerprint density at radius 3 is 2.27 bits per heavy atom. The summed E-state index contributed by atoms with van der Waals surface area (Å²) in [5.41, 5.74) is -2.10. The Labute approximate surface area is 214 Å². The van der Waals surface area contributed by atoms with Gasteiger partial charge in [-0.1, -0.05) is 30.3 Å². The number of carboxylic acid groups (broad SMARTS) is 2. The van der Waals surface area contributed by atoms with Crippen molar-refractivity contribution in [3.05, 3.63) is 35.9 Å². The first-order valence-corrected chi connectivity index (χ1v) is 8.26. The molecule has 30 heavy (non-hydrogen) atoms. The van der Waals surface area contributed by atoms with Crippen LogP contribution in [0.4, 0.5) is 0 Å². The third kappa shape index (κ3) is 5.05. The van der Waals surface area contributed by atoms with E-state index >= 15 is 0 Å². The van der Waals surface area contributed by atoms with Gasteiger partial charge >= 0.3 is 82.7 Å². The molecule has 3 N–H and O–H groups in total. The van der Waals surface area contributed by atoms with Gasteiger partial charge in [-0.15, -0.1) is 0 Å². The molecule has 0 saturated carbocycles. The van der Waals surface area contributed by atoms with Gasteiger partial charge in [-0.3, -0.25) is 24.0 Å². The Hall–Kier alpha value is -1.47. The number of aliphatic carboxylic acids is 2. The van der Waals surface area contributed by atoms with E-state index in [0.29, 0.717) is 5.06 Å². The van der Waals surface area contributed by atoms with Crippen molar-refractivity contribution in [3.8, 4) is 0 Å². The average Bonchev–Trinajstić information content (AvgIpc) is 3.20. The molecule has 2 unspecified atom stereocenters. The maximum atomic E-state index is 12.6. The van der Waals surface area contributed by atoms with Gasteiger partial charge < -0.3 is 20.3 Å². The van der Waals surface area contributed by atoms with Crippen LogP contribution in [0.2, 0.25) is 0 Å². The number of nitrogens with one attached hydrogen (secondary N) is 1. The first-order valence-electron chi connectivity index (χ1n) is 8.26. The predicted molar refractivity (Wildman–Crippen MR) is 102 cm³/mol. The summed E-state index contributed by atoms with van der Waals surface area (Å²) in [5.74, 6) is -7.30. The molecule has 2 fully saturated rings. The first kappa shape index (κ1) is 26.6. The summed E-state index contributed by atoms with van der Waals surface area (Å²) in [5, 5.41) is 21.5. The van der Waals surface area contributed by atoms with Crippen LogP contribution >= 0.6 is 0 Å². The fourth-order valence-corrected chi connectivity index (χ4v) is 3.06. The number of carboxylic acids is 2.